The normalized spacial score (nSPS) is 10.6. The van der Waals surface area contributed by atoms with Crippen LogP contribution in [0.5, 0.6) is 0 Å². The van der Waals surface area contributed by atoms with Crippen LogP contribution in [0.4, 0.5) is 4.39 Å². The van der Waals surface area contributed by atoms with E-state index in [2.05, 4.69) is 10.2 Å². The van der Waals surface area contributed by atoms with E-state index in [1.807, 2.05) is 0 Å². The molecule has 0 unspecified atom stereocenters. The molecule has 1 aromatic heterocycles. The largest absolute Gasteiger partial charge is 0.481 e. The Bertz CT molecular complexity index is 653. The van der Waals surface area contributed by atoms with E-state index in [4.69, 9.17) is 5.11 Å². The highest BCUT2D eigenvalue weighted by molar-refractivity contribution is 7.99. The molecule has 0 aliphatic rings. The molecule has 0 bridgehead atoms. The minimum Gasteiger partial charge on any atom is -0.481 e. The topological polar surface area (TPSA) is 88.0 Å². The van der Waals surface area contributed by atoms with E-state index in [9.17, 15) is 14.0 Å². The van der Waals surface area contributed by atoms with E-state index in [1.54, 1.807) is 18.2 Å². The van der Waals surface area contributed by atoms with Crippen molar-refractivity contribution in [1.82, 2.24) is 14.8 Å². The molecule has 0 aliphatic carbocycles. The molecule has 0 fully saturated rings. The lowest BCUT2D eigenvalue weighted by atomic mass is 10.2. The third kappa shape index (κ3) is 3.22. The van der Waals surface area contributed by atoms with Crippen molar-refractivity contribution in [2.24, 2.45) is 0 Å². The number of carbonyl (C=O) groups is 1. The highest BCUT2D eigenvalue weighted by Crippen LogP contribution is 2.15. The number of nitrogens with one attached hydrogen (secondary N) is 1. The first-order chi connectivity index (χ1) is 9.08. The smallest absolute Gasteiger partial charge is 0.344 e. The number of thioether (sulfide) groups is 1. The molecule has 0 saturated heterocycles. The number of aromatic amines is 1. The average molecular weight is 283 g/mol. The van der Waals surface area contributed by atoms with Gasteiger partial charge >= 0.3 is 11.7 Å². The third-order valence-corrected chi connectivity index (χ3v) is 3.30. The molecule has 0 aliphatic heterocycles. The van der Waals surface area contributed by atoms with Crippen LogP contribution in [0.3, 0.4) is 0 Å². The quantitative estimate of drug-likeness (QED) is 0.797. The second kappa shape index (κ2) is 5.70. The molecule has 8 heteroatoms. The lowest BCUT2D eigenvalue weighted by Crippen LogP contribution is -2.19. The number of hydrogen-bond donors (Lipinski definition) is 2. The molecular formula is C11H10FN3O3S. The number of aliphatic carboxylic acids is 1. The Labute approximate surface area is 111 Å². The Hall–Kier alpha value is -2.09. The van der Waals surface area contributed by atoms with E-state index in [1.165, 1.54) is 10.6 Å². The maximum atomic E-state index is 13.5. The van der Waals surface area contributed by atoms with Gasteiger partial charge < -0.3 is 5.11 Å². The summed E-state index contributed by atoms with van der Waals surface area (Å²) in [5.74, 6) is -1.66. The first kappa shape index (κ1) is 13.3. The van der Waals surface area contributed by atoms with E-state index >= 15 is 0 Å². The van der Waals surface area contributed by atoms with Gasteiger partial charge in [0.2, 0.25) is 0 Å². The van der Waals surface area contributed by atoms with Gasteiger partial charge in [-0.2, -0.15) is 0 Å². The standard InChI is InChI=1S/C11H10FN3O3S/c12-8-4-2-1-3-7(8)5-15-10(18)13-14-11(15)19-6-9(16)17/h1-4H,5-6H2,(H,13,18)(H,16,17). The minimum absolute atomic E-state index is 0.00393. The summed E-state index contributed by atoms with van der Waals surface area (Å²) in [4.78, 5) is 22.1. The van der Waals surface area contributed by atoms with E-state index in [-0.39, 0.29) is 17.5 Å². The maximum Gasteiger partial charge on any atom is 0.344 e. The molecule has 2 aromatic rings. The van der Waals surface area contributed by atoms with Crippen molar-refractivity contribution in [1.29, 1.82) is 0 Å². The number of aromatic nitrogens is 3. The van der Waals surface area contributed by atoms with Gasteiger partial charge in [0.05, 0.1) is 12.3 Å². The van der Waals surface area contributed by atoms with Crippen LogP contribution in [-0.4, -0.2) is 31.6 Å². The first-order valence-electron chi connectivity index (χ1n) is 5.31. The first-order valence-corrected chi connectivity index (χ1v) is 6.29. The number of halogens is 1. The molecule has 0 amide bonds. The number of nitrogens with zero attached hydrogens (tertiary/aromatic N) is 2. The monoisotopic (exact) mass is 283 g/mol. The fourth-order valence-corrected chi connectivity index (χ4v) is 2.14. The van der Waals surface area contributed by atoms with Crippen LogP contribution in [0, 0.1) is 5.82 Å². The van der Waals surface area contributed by atoms with Crippen molar-refractivity contribution in [3.63, 3.8) is 0 Å². The molecule has 100 valence electrons. The molecule has 0 radical (unpaired) electrons. The Morgan fingerprint density at radius 2 is 2.21 bits per heavy atom. The van der Waals surface area contributed by atoms with Crippen molar-refractivity contribution in [2.75, 3.05) is 5.75 Å². The summed E-state index contributed by atoms with van der Waals surface area (Å²) < 4.78 is 14.7. The van der Waals surface area contributed by atoms with Crippen LogP contribution in [0.15, 0.2) is 34.2 Å². The molecule has 2 rings (SSSR count). The Morgan fingerprint density at radius 3 is 2.89 bits per heavy atom. The van der Waals surface area contributed by atoms with Gasteiger partial charge in [0.25, 0.3) is 0 Å². The van der Waals surface area contributed by atoms with Crippen molar-refractivity contribution in [3.8, 4) is 0 Å². The molecule has 19 heavy (non-hydrogen) atoms. The molecule has 1 aromatic carbocycles. The lowest BCUT2D eigenvalue weighted by Gasteiger charge is -2.05. The second-order valence-electron chi connectivity index (χ2n) is 3.67. The van der Waals surface area contributed by atoms with Crippen molar-refractivity contribution in [3.05, 3.63) is 46.1 Å². The molecule has 0 saturated carbocycles. The highest BCUT2D eigenvalue weighted by Gasteiger charge is 2.12. The van der Waals surface area contributed by atoms with Crippen molar-refractivity contribution in [2.45, 2.75) is 11.7 Å². The van der Waals surface area contributed by atoms with Crippen molar-refractivity contribution >= 4 is 17.7 Å². The zero-order valence-corrected chi connectivity index (χ0v) is 10.5. The zero-order valence-electron chi connectivity index (χ0n) is 9.67. The van der Waals surface area contributed by atoms with Crippen LogP contribution >= 0.6 is 11.8 Å². The Morgan fingerprint density at radius 1 is 1.47 bits per heavy atom. The molecule has 6 nitrogen and oxygen atoms in total. The lowest BCUT2D eigenvalue weighted by molar-refractivity contribution is -0.133. The van der Waals surface area contributed by atoms with Crippen LogP contribution < -0.4 is 5.69 Å². The van der Waals surface area contributed by atoms with Gasteiger partial charge in [0.1, 0.15) is 5.82 Å². The van der Waals surface area contributed by atoms with E-state index in [0.29, 0.717) is 5.56 Å². The van der Waals surface area contributed by atoms with Crippen molar-refractivity contribution < 1.29 is 14.3 Å². The Balaban J connectivity index is 2.25. The predicted octanol–water partition coefficient (Wildman–Crippen LogP) is 0.935. The summed E-state index contributed by atoms with van der Waals surface area (Å²) in [5, 5.41) is 14.8. The summed E-state index contributed by atoms with van der Waals surface area (Å²) in [6.45, 7) is 0.00393. The van der Waals surface area contributed by atoms with Gasteiger partial charge in [-0.3, -0.25) is 9.36 Å². The number of hydrogen-bond acceptors (Lipinski definition) is 4. The van der Waals surface area contributed by atoms with Gasteiger partial charge in [-0.25, -0.2) is 14.3 Å². The summed E-state index contributed by atoms with van der Waals surface area (Å²) in [7, 11) is 0. The summed E-state index contributed by atoms with van der Waals surface area (Å²) >= 11 is 0.900. The molecule has 0 atom stereocenters. The van der Waals surface area contributed by atoms with Crippen LogP contribution in [0.25, 0.3) is 0 Å². The fraction of sp³-hybridized carbons (Fsp3) is 0.182. The highest BCUT2D eigenvalue weighted by atomic mass is 32.2. The maximum absolute atomic E-state index is 13.5. The zero-order chi connectivity index (χ0) is 13.8. The summed E-state index contributed by atoms with van der Waals surface area (Å²) in [6, 6.07) is 6.07. The van der Waals surface area contributed by atoms with Crippen LogP contribution in [0.2, 0.25) is 0 Å². The minimum atomic E-state index is -1.02. The van der Waals surface area contributed by atoms with Gasteiger partial charge in [-0.05, 0) is 6.07 Å². The van der Waals surface area contributed by atoms with E-state index < -0.39 is 17.5 Å². The number of rotatable bonds is 5. The van der Waals surface area contributed by atoms with Gasteiger partial charge in [-0.1, -0.05) is 30.0 Å². The van der Waals surface area contributed by atoms with Crippen LogP contribution in [-0.2, 0) is 11.3 Å². The fourth-order valence-electron chi connectivity index (χ4n) is 1.48. The van der Waals surface area contributed by atoms with E-state index in [0.717, 1.165) is 11.8 Å². The summed E-state index contributed by atoms with van der Waals surface area (Å²) in [5.41, 5.74) is -0.167. The number of benzene rings is 1. The molecular weight excluding hydrogens is 273 g/mol. The molecule has 0 spiro atoms. The summed E-state index contributed by atoms with van der Waals surface area (Å²) in [6.07, 6.45) is 0. The van der Waals surface area contributed by atoms with Gasteiger partial charge in [-0.15, -0.1) is 5.10 Å². The number of carboxylic acid groups (broad SMARTS) is 1. The Kier molecular flexibility index (Phi) is 4.00. The second-order valence-corrected chi connectivity index (χ2v) is 4.61. The van der Waals surface area contributed by atoms with Gasteiger partial charge in [0.15, 0.2) is 5.16 Å². The SMILES string of the molecule is O=C(O)CSc1n[nH]c(=O)n1Cc1ccccc1F. The van der Waals surface area contributed by atoms with Gasteiger partial charge in [0, 0.05) is 5.56 Å². The average Bonchev–Trinajstić information content (AvgIpc) is 2.71. The third-order valence-electron chi connectivity index (χ3n) is 2.33. The number of carboxylic acids is 1. The molecule has 1 heterocycles. The van der Waals surface area contributed by atoms with Crippen LogP contribution in [0.1, 0.15) is 5.56 Å². The number of H-pyrrole nitrogens is 1. The predicted molar refractivity (Wildman–Crippen MR) is 66.7 cm³/mol. The molecule has 2 N–H and O–H groups in total.